The Bertz CT molecular complexity index is 457. The minimum Gasteiger partial charge on any atom is -0.378 e. The number of carbonyl (C=O) groups is 1. The Hall–Kier alpha value is -0.910. The van der Waals surface area contributed by atoms with Crippen molar-refractivity contribution in [1.82, 2.24) is 10.2 Å². The molecular weight excluding hydrogens is 284 g/mol. The molecule has 0 aliphatic carbocycles. The largest absolute Gasteiger partial charge is 0.378 e. The maximum absolute atomic E-state index is 12.5. The average molecular weight is 308 g/mol. The molecular formula is C16H24N2O2S. The molecule has 116 valence electrons. The van der Waals surface area contributed by atoms with Crippen LogP contribution in [0, 0.1) is 0 Å². The fraction of sp³-hybridized carbons (Fsp3) is 0.688. The maximum Gasteiger partial charge on any atom is 0.241 e. The smallest absolute Gasteiger partial charge is 0.241 e. The highest BCUT2D eigenvalue weighted by Crippen LogP contribution is 2.29. The second-order valence-corrected chi connectivity index (χ2v) is 6.68. The molecule has 5 heteroatoms. The zero-order valence-electron chi connectivity index (χ0n) is 12.6. The van der Waals surface area contributed by atoms with Crippen LogP contribution in [0.3, 0.4) is 0 Å². The molecule has 0 radical (unpaired) electrons. The van der Waals surface area contributed by atoms with Crippen LogP contribution in [0.15, 0.2) is 16.8 Å². The van der Waals surface area contributed by atoms with Gasteiger partial charge in [0.1, 0.15) is 6.17 Å². The highest BCUT2D eigenvalue weighted by Gasteiger charge is 2.38. The SMILES string of the molecule is CCC1NC(c2ccsc2)N(CCC2CCCCO2)C1=O. The third-order valence-corrected chi connectivity index (χ3v) is 5.19. The Balaban J connectivity index is 1.65. The molecule has 0 bridgehead atoms. The van der Waals surface area contributed by atoms with Crippen molar-refractivity contribution in [2.24, 2.45) is 0 Å². The Labute approximate surface area is 130 Å². The van der Waals surface area contributed by atoms with Crippen LogP contribution in [0.25, 0.3) is 0 Å². The molecule has 1 aromatic rings. The van der Waals surface area contributed by atoms with Crippen LogP contribution in [0.2, 0.25) is 0 Å². The van der Waals surface area contributed by atoms with Crippen molar-refractivity contribution in [3.63, 3.8) is 0 Å². The predicted molar refractivity (Wildman–Crippen MR) is 84.2 cm³/mol. The lowest BCUT2D eigenvalue weighted by atomic mass is 10.1. The van der Waals surface area contributed by atoms with Crippen LogP contribution in [0.4, 0.5) is 0 Å². The van der Waals surface area contributed by atoms with Gasteiger partial charge in [-0.3, -0.25) is 10.1 Å². The molecule has 2 aliphatic rings. The number of ether oxygens (including phenoxy) is 1. The Kier molecular flexibility index (Phi) is 4.93. The fourth-order valence-corrected chi connectivity index (χ4v) is 3.91. The number of thiophene rings is 1. The van der Waals surface area contributed by atoms with Crippen LogP contribution < -0.4 is 5.32 Å². The molecule has 1 aromatic heterocycles. The first-order valence-corrected chi connectivity index (χ1v) is 8.94. The third kappa shape index (κ3) is 3.30. The van der Waals surface area contributed by atoms with Crippen molar-refractivity contribution in [2.75, 3.05) is 13.2 Å². The van der Waals surface area contributed by atoms with E-state index < -0.39 is 0 Å². The van der Waals surface area contributed by atoms with Gasteiger partial charge in [-0.2, -0.15) is 11.3 Å². The molecule has 4 nitrogen and oxygen atoms in total. The van der Waals surface area contributed by atoms with Crippen LogP contribution in [-0.4, -0.2) is 36.1 Å². The second kappa shape index (κ2) is 6.90. The number of nitrogens with zero attached hydrogens (tertiary/aromatic N) is 1. The first kappa shape index (κ1) is 15.0. The van der Waals surface area contributed by atoms with E-state index in [-0.39, 0.29) is 18.1 Å². The maximum atomic E-state index is 12.5. The monoisotopic (exact) mass is 308 g/mol. The molecule has 3 heterocycles. The van der Waals surface area contributed by atoms with Gasteiger partial charge in [-0.15, -0.1) is 0 Å². The average Bonchev–Trinajstić information content (AvgIpc) is 3.14. The summed E-state index contributed by atoms with van der Waals surface area (Å²) in [6.07, 6.45) is 5.72. The summed E-state index contributed by atoms with van der Waals surface area (Å²) in [4.78, 5) is 14.5. The van der Waals surface area contributed by atoms with E-state index >= 15 is 0 Å². The van der Waals surface area contributed by atoms with E-state index in [0.717, 1.165) is 32.4 Å². The number of amides is 1. The normalized spacial score (nSPS) is 30.0. The number of carbonyl (C=O) groups excluding carboxylic acids is 1. The van der Waals surface area contributed by atoms with Gasteiger partial charge in [0, 0.05) is 13.2 Å². The van der Waals surface area contributed by atoms with Crippen molar-refractivity contribution in [2.45, 2.75) is 57.3 Å². The molecule has 0 spiro atoms. The summed E-state index contributed by atoms with van der Waals surface area (Å²) in [5, 5.41) is 7.68. The predicted octanol–water partition coefficient (Wildman–Crippen LogP) is 2.92. The molecule has 3 rings (SSSR count). The van der Waals surface area contributed by atoms with Gasteiger partial charge in [-0.05, 0) is 54.5 Å². The van der Waals surface area contributed by atoms with Gasteiger partial charge >= 0.3 is 0 Å². The molecule has 0 saturated carbocycles. The lowest BCUT2D eigenvalue weighted by Gasteiger charge is -2.28. The number of rotatable bonds is 5. The lowest BCUT2D eigenvalue weighted by Crippen LogP contribution is -2.34. The van der Waals surface area contributed by atoms with E-state index in [1.807, 2.05) is 4.90 Å². The number of hydrogen-bond donors (Lipinski definition) is 1. The summed E-state index contributed by atoms with van der Waals surface area (Å²) in [5.74, 6) is 0.240. The van der Waals surface area contributed by atoms with Crippen LogP contribution in [0.1, 0.15) is 50.8 Å². The molecule has 3 unspecified atom stereocenters. The minimum atomic E-state index is -0.0397. The molecule has 2 fully saturated rings. The molecule has 0 aromatic carbocycles. The molecule has 1 amide bonds. The van der Waals surface area contributed by atoms with Gasteiger partial charge in [0.15, 0.2) is 0 Å². The van der Waals surface area contributed by atoms with Crippen LogP contribution in [-0.2, 0) is 9.53 Å². The molecule has 3 atom stereocenters. The van der Waals surface area contributed by atoms with E-state index in [1.54, 1.807) is 11.3 Å². The zero-order valence-corrected chi connectivity index (χ0v) is 13.4. The van der Waals surface area contributed by atoms with E-state index in [0.29, 0.717) is 6.10 Å². The highest BCUT2D eigenvalue weighted by molar-refractivity contribution is 7.07. The van der Waals surface area contributed by atoms with Gasteiger partial charge in [-0.1, -0.05) is 6.92 Å². The number of nitrogens with one attached hydrogen (secondary N) is 1. The standard InChI is InChI=1S/C16H24N2O2S/c1-2-14-16(19)18(8-6-13-5-3-4-9-20-13)15(17-14)12-7-10-21-11-12/h7,10-11,13-15,17H,2-6,8-9H2,1H3. The van der Waals surface area contributed by atoms with Gasteiger partial charge in [0.2, 0.25) is 5.91 Å². The summed E-state index contributed by atoms with van der Waals surface area (Å²) in [5.41, 5.74) is 1.20. The van der Waals surface area contributed by atoms with E-state index in [4.69, 9.17) is 4.74 Å². The summed E-state index contributed by atoms with van der Waals surface area (Å²) in [6.45, 7) is 3.73. The molecule has 2 aliphatic heterocycles. The van der Waals surface area contributed by atoms with Crippen molar-refractivity contribution in [3.8, 4) is 0 Å². The van der Waals surface area contributed by atoms with Gasteiger partial charge in [-0.25, -0.2) is 0 Å². The fourth-order valence-electron chi connectivity index (χ4n) is 3.24. The highest BCUT2D eigenvalue weighted by atomic mass is 32.1. The quantitative estimate of drug-likeness (QED) is 0.909. The lowest BCUT2D eigenvalue weighted by molar-refractivity contribution is -0.130. The zero-order chi connectivity index (χ0) is 14.7. The van der Waals surface area contributed by atoms with E-state index in [9.17, 15) is 4.79 Å². The number of hydrogen-bond acceptors (Lipinski definition) is 4. The van der Waals surface area contributed by atoms with Gasteiger partial charge < -0.3 is 9.64 Å². The first-order chi connectivity index (χ1) is 10.3. The minimum absolute atomic E-state index is 0.0392. The van der Waals surface area contributed by atoms with Gasteiger partial charge in [0.05, 0.1) is 12.1 Å². The van der Waals surface area contributed by atoms with Crippen LogP contribution >= 0.6 is 11.3 Å². The van der Waals surface area contributed by atoms with E-state index in [2.05, 4.69) is 29.1 Å². The van der Waals surface area contributed by atoms with Crippen LogP contribution in [0.5, 0.6) is 0 Å². The van der Waals surface area contributed by atoms with Crippen molar-refractivity contribution in [1.29, 1.82) is 0 Å². The van der Waals surface area contributed by atoms with E-state index in [1.165, 1.54) is 18.4 Å². The van der Waals surface area contributed by atoms with Gasteiger partial charge in [0.25, 0.3) is 0 Å². The molecule has 2 saturated heterocycles. The van der Waals surface area contributed by atoms with Crippen molar-refractivity contribution < 1.29 is 9.53 Å². The Morgan fingerprint density at radius 3 is 3.05 bits per heavy atom. The summed E-state index contributed by atoms with van der Waals surface area (Å²) >= 11 is 1.68. The molecule has 1 N–H and O–H groups in total. The molecule has 21 heavy (non-hydrogen) atoms. The Morgan fingerprint density at radius 1 is 1.48 bits per heavy atom. The van der Waals surface area contributed by atoms with Crippen molar-refractivity contribution in [3.05, 3.63) is 22.4 Å². The third-order valence-electron chi connectivity index (χ3n) is 4.49. The summed E-state index contributed by atoms with van der Waals surface area (Å²) in [6, 6.07) is 2.07. The van der Waals surface area contributed by atoms with Crippen molar-refractivity contribution >= 4 is 17.2 Å². The second-order valence-electron chi connectivity index (χ2n) is 5.90. The first-order valence-electron chi connectivity index (χ1n) is 8.00. The summed E-state index contributed by atoms with van der Waals surface area (Å²) in [7, 11) is 0. The topological polar surface area (TPSA) is 41.6 Å². The Morgan fingerprint density at radius 2 is 2.38 bits per heavy atom. The summed E-state index contributed by atoms with van der Waals surface area (Å²) < 4.78 is 5.80.